The van der Waals surface area contributed by atoms with Gasteiger partial charge in [-0.05, 0) is 24.0 Å². The van der Waals surface area contributed by atoms with Crippen LogP contribution >= 0.6 is 0 Å². The van der Waals surface area contributed by atoms with Crippen LogP contribution < -0.4 is 0 Å². The highest BCUT2D eigenvalue weighted by atomic mass is 14.0. The van der Waals surface area contributed by atoms with Crippen LogP contribution in [0.2, 0.25) is 0 Å². The zero-order valence-corrected chi connectivity index (χ0v) is 6.98. The maximum absolute atomic E-state index is 3.74. The number of hydrogen-bond acceptors (Lipinski definition) is 0. The van der Waals surface area contributed by atoms with E-state index in [1.165, 1.54) is 11.1 Å². The summed E-state index contributed by atoms with van der Waals surface area (Å²) in [6.07, 6.45) is 5.94. The molecule has 0 aromatic heterocycles. The van der Waals surface area contributed by atoms with Crippen LogP contribution in [-0.4, -0.2) is 0 Å². The van der Waals surface area contributed by atoms with Crippen LogP contribution in [0.3, 0.4) is 0 Å². The Bertz CT molecular complexity index is 131. The van der Waals surface area contributed by atoms with Crippen molar-refractivity contribution >= 4 is 0 Å². The van der Waals surface area contributed by atoms with Gasteiger partial charge in [0.05, 0.1) is 0 Å². The van der Waals surface area contributed by atoms with Crippen molar-refractivity contribution in [2.75, 3.05) is 0 Å². The van der Waals surface area contributed by atoms with Gasteiger partial charge in [-0.15, -0.1) is 0 Å². The lowest BCUT2D eigenvalue weighted by atomic mass is 10.0. The number of rotatable bonds is 4. The third-order valence-corrected chi connectivity index (χ3v) is 1.67. The van der Waals surface area contributed by atoms with Crippen LogP contribution in [0.5, 0.6) is 0 Å². The van der Waals surface area contributed by atoms with Crippen molar-refractivity contribution < 1.29 is 0 Å². The van der Waals surface area contributed by atoms with E-state index in [1.807, 2.05) is 12.2 Å². The van der Waals surface area contributed by atoms with E-state index in [4.69, 9.17) is 0 Å². The summed E-state index contributed by atoms with van der Waals surface area (Å²) in [5.41, 5.74) is 2.63. The smallest absolute Gasteiger partial charge is 0.0305 e. The molecule has 0 nitrogen and oxygen atoms in total. The Morgan fingerprint density at radius 1 is 1.00 bits per heavy atom. The molecular weight excluding hydrogens is 120 g/mol. The van der Waals surface area contributed by atoms with Gasteiger partial charge in [0.15, 0.2) is 0 Å². The molecule has 0 heteroatoms. The first-order chi connectivity index (χ1) is 4.79. The lowest BCUT2D eigenvalue weighted by molar-refractivity contribution is 1.05. The summed E-state index contributed by atoms with van der Waals surface area (Å²) in [5, 5.41) is 0. The number of hydrogen-bond donors (Lipinski definition) is 0. The third kappa shape index (κ3) is 2.22. The Labute approximate surface area is 64.0 Å². The first-order valence-electron chi connectivity index (χ1n) is 3.77. The predicted octanol–water partition coefficient (Wildman–Crippen LogP) is 3.48. The molecule has 0 aliphatic heterocycles. The Hall–Kier alpha value is -0.780. The van der Waals surface area contributed by atoms with Gasteiger partial charge in [0, 0.05) is 0 Å². The van der Waals surface area contributed by atoms with Gasteiger partial charge in [0.25, 0.3) is 0 Å². The Kier molecular flexibility index (Phi) is 4.65. The molecule has 0 saturated carbocycles. The molecule has 0 bridgehead atoms. The van der Waals surface area contributed by atoms with Crippen molar-refractivity contribution in [3.05, 3.63) is 36.5 Å². The van der Waals surface area contributed by atoms with Crippen LogP contribution in [0.15, 0.2) is 36.5 Å². The van der Waals surface area contributed by atoms with Gasteiger partial charge >= 0.3 is 0 Å². The molecule has 0 N–H and O–H groups in total. The average molecular weight is 136 g/mol. The maximum Gasteiger partial charge on any atom is -0.0305 e. The second kappa shape index (κ2) is 5.04. The second-order valence-electron chi connectivity index (χ2n) is 2.17. The van der Waals surface area contributed by atoms with Gasteiger partial charge in [0.2, 0.25) is 0 Å². The first kappa shape index (κ1) is 9.22. The lowest BCUT2D eigenvalue weighted by Gasteiger charge is -2.02. The molecule has 0 heterocycles. The van der Waals surface area contributed by atoms with Gasteiger partial charge in [-0.1, -0.05) is 39.2 Å². The zero-order valence-electron chi connectivity index (χ0n) is 6.98. The van der Waals surface area contributed by atoms with E-state index < -0.39 is 0 Å². The average Bonchev–Trinajstić information content (AvgIpc) is 2.00. The quantitative estimate of drug-likeness (QED) is 0.519. The molecule has 0 aliphatic rings. The molecule has 0 radical (unpaired) electrons. The summed E-state index contributed by atoms with van der Waals surface area (Å²) in [7, 11) is 0. The Morgan fingerprint density at radius 3 is 1.40 bits per heavy atom. The summed E-state index contributed by atoms with van der Waals surface area (Å²) in [6, 6.07) is 0. The fourth-order valence-corrected chi connectivity index (χ4v) is 1.00. The topological polar surface area (TPSA) is 0 Å². The summed E-state index contributed by atoms with van der Waals surface area (Å²) >= 11 is 0. The molecular formula is C10H16. The van der Waals surface area contributed by atoms with Crippen LogP contribution in [0, 0.1) is 0 Å². The van der Waals surface area contributed by atoms with E-state index in [9.17, 15) is 0 Å². The normalized spacial score (nSPS) is 12.2. The first-order valence-corrected chi connectivity index (χ1v) is 3.77. The third-order valence-electron chi connectivity index (χ3n) is 1.67. The number of allylic oxidation sites excluding steroid dienone is 4. The van der Waals surface area contributed by atoms with Gasteiger partial charge in [-0.2, -0.15) is 0 Å². The van der Waals surface area contributed by atoms with Crippen LogP contribution in [0.1, 0.15) is 26.7 Å². The van der Waals surface area contributed by atoms with Crippen molar-refractivity contribution in [3.63, 3.8) is 0 Å². The lowest BCUT2D eigenvalue weighted by Crippen LogP contribution is -1.82. The summed E-state index contributed by atoms with van der Waals surface area (Å²) in [4.78, 5) is 0. The maximum atomic E-state index is 3.74. The molecule has 56 valence electrons. The Morgan fingerprint density at radius 2 is 1.30 bits per heavy atom. The minimum absolute atomic E-state index is 1.05. The zero-order chi connectivity index (χ0) is 7.98. The van der Waals surface area contributed by atoms with Gasteiger partial charge in [-0.25, -0.2) is 0 Å². The highest BCUT2D eigenvalue weighted by Gasteiger charge is 1.93. The van der Waals surface area contributed by atoms with E-state index >= 15 is 0 Å². The highest BCUT2D eigenvalue weighted by molar-refractivity contribution is 5.30. The standard InChI is InChI=1S/C10H16/c1-5-9(6-2)10(7-3)8-4/h5,7H,1,3,6,8H2,2,4H3/b10-9-. The fraction of sp³-hybridized carbons (Fsp3) is 0.400. The summed E-state index contributed by atoms with van der Waals surface area (Å²) in [5.74, 6) is 0. The molecule has 0 rings (SSSR count). The van der Waals surface area contributed by atoms with E-state index in [-0.39, 0.29) is 0 Å². The van der Waals surface area contributed by atoms with Gasteiger partial charge < -0.3 is 0 Å². The molecule has 0 aromatic carbocycles. The van der Waals surface area contributed by atoms with Crippen LogP contribution in [0.25, 0.3) is 0 Å². The molecule has 0 aromatic rings. The SMILES string of the molecule is C=C/C(CC)=C(\C=C)CC. The molecule has 0 amide bonds. The summed E-state index contributed by atoms with van der Waals surface area (Å²) < 4.78 is 0. The molecule has 0 saturated heterocycles. The van der Waals surface area contributed by atoms with E-state index in [0.717, 1.165) is 12.8 Å². The van der Waals surface area contributed by atoms with E-state index in [1.54, 1.807) is 0 Å². The van der Waals surface area contributed by atoms with Crippen molar-refractivity contribution in [2.24, 2.45) is 0 Å². The van der Waals surface area contributed by atoms with E-state index in [0.29, 0.717) is 0 Å². The molecule has 0 aliphatic carbocycles. The Balaban J connectivity index is 4.50. The largest absolute Gasteiger partial charge is 0.0988 e. The predicted molar refractivity (Wildman–Crippen MR) is 48.0 cm³/mol. The second-order valence-corrected chi connectivity index (χ2v) is 2.17. The fourth-order valence-electron chi connectivity index (χ4n) is 1.00. The summed E-state index contributed by atoms with van der Waals surface area (Å²) in [6.45, 7) is 11.8. The van der Waals surface area contributed by atoms with Crippen molar-refractivity contribution in [2.45, 2.75) is 26.7 Å². The van der Waals surface area contributed by atoms with Crippen LogP contribution in [-0.2, 0) is 0 Å². The van der Waals surface area contributed by atoms with Crippen molar-refractivity contribution in [1.29, 1.82) is 0 Å². The molecule has 10 heavy (non-hydrogen) atoms. The molecule has 0 unspecified atom stereocenters. The van der Waals surface area contributed by atoms with Gasteiger partial charge in [-0.3, -0.25) is 0 Å². The van der Waals surface area contributed by atoms with Crippen molar-refractivity contribution in [1.82, 2.24) is 0 Å². The van der Waals surface area contributed by atoms with Crippen LogP contribution in [0.4, 0.5) is 0 Å². The minimum atomic E-state index is 1.05. The monoisotopic (exact) mass is 136 g/mol. The molecule has 0 spiro atoms. The minimum Gasteiger partial charge on any atom is -0.0988 e. The van der Waals surface area contributed by atoms with Gasteiger partial charge in [0.1, 0.15) is 0 Å². The molecule has 0 atom stereocenters. The van der Waals surface area contributed by atoms with Crippen molar-refractivity contribution in [3.8, 4) is 0 Å². The van der Waals surface area contributed by atoms with E-state index in [2.05, 4.69) is 27.0 Å². The highest BCUT2D eigenvalue weighted by Crippen LogP contribution is 2.13. The molecule has 0 fully saturated rings.